The normalized spacial score (nSPS) is 10.8. The minimum Gasteiger partial charge on any atom is -0.508 e. The Labute approximate surface area is 162 Å². The number of para-hydroxylation sites is 1. The lowest BCUT2D eigenvalue weighted by molar-refractivity contribution is 0.262. The monoisotopic (exact) mass is 372 g/mol. The molecule has 3 N–H and O–H groups in total. The zero-order valence-corrected chi connectivity index (χ0v) is 15.6. The first-order chi connectivity index (χ1) is 13.5. The van der Waals surface area contributed by atoms with Crippen molar-refractivity contribution in [3.63, 3.8) is 0 Å². The van der Waals surface area contributed by atoms with E-state index in [1.165, 1.54) is 0 Å². The molecule has 0 unspecified atom stereocenters. The molecule has 0 aliphatic rings. The number of hydrogen-bond donors (Lipinski definition) is 3. The van der Waals surface area contributed by atoms with Crippen molar-refractivity contribution in [1.29, 1.82) is 0 Å². The smallest absolute Gasteiger partial charge is 0.324 e. The molecule has 140 valence electrons. The Morgan fingerprint density at radius 2 is 1.71 bits per heavy atom. The fourth-order valence-corrected chi connectivity index (χ4v) is 3.08. The van der Waals surface area contributed by atoms with Gasteiger partial charge in [0.25, 0.3) is 0 Å². The second kappa shape index (κ2) is 7.08. The third kappa shape index (κ3) is 3.40. The van der Waals surface area contributed by atoms with Gasteiger partial charge in [-0.05, 0) is 67.4 Å². The number of hydrogen-bond acceptors (Lipinski definition) is 3. The first-order valence-electron chi connectivity index (χ1n) is 8.94. The van der Waals surface area contributed by atoms with E-state index in [0.29, 0.717) is 5.82 Å². The maximum Gasteiger partial charge on any atom is 0.324 e. The average Bonchev–Trinajstić information content (AvgIpc) is 3.04. The fourth-order valence-electron chi connectivity index (χ4n) is 3.08. The number of rotatable bonds is 3. The van der Waals surface area contributed by atoms with Gasteiger partial charge in [0.15, 0.2) is 5.82 Å². The molecular formula is C22H20N4O2. The highest BCUT2D eigenvalue weighted by Gasteiger charge is 2.14. The zero-order chi connectivity index (χ0) is 19.7. The van der Waals surface area contributed by atoms with E-state index in [1.54, 1.807) is 28.9 Å². The van der Waals surface area contributed by atoms with Gasteiger partial charge in [-0.1, -0.05) is 24.3 Å². The van der Waals surface area contributed by atoms with Crippen LogP contribution in [0, 0.1) is 13.8 Å². The molecule has 28 heavy (non-hydrogen) atoms. The van der Waals surface area contributed by atoms with Crippen LogP contribution in [0.25, 0.3) is 16.6 Å². The molecule has 0 saturated carbocycles. The maximum atomic E-state index is 12.6. The lowest BCUT2D eigenvalue weighted by atomic mass is 10.1. The number of urea groups is 1. The van der Waals surface area contributed by atoms with Crippen LogP contribution in [0.15, 0.2) is 66.7 Å². The van der Waals surface area contributed by atoms with Crippen molar-refractivity contribution in [2.45, 2.75) is 13.8 Å². The molecule has 2 amide bonds. The second-order valence-corrected chi connectivity index (χ2v) is 6.69. The number of phenols is 1. The highest BCUT2D eigenvalue weighted by molar-refractivity contribution is 6.05. The highest BCUT2D eigenvalue weighted by Crippen LogP contribution is 2.26. The van der Waals surface area contributed by atoms with Crippen LogP contribution in [0.2, 0.25) is 0 Å². The van der Waals surface area contributed by atoms with Crippen molar-refractivity contribution in [2.75, 3.05) is 10.6 Å². The molecule has 0 fully saturated rings. The van der Waals surface area contributed by atoms with Crippen LogP contribution in [0.1, 0.15) is 11.1 Å². The summed E-state index contributed by atoms with van der Waals surface area (Å²) in [6, 6.07) is 20.0. The summed E-state index contributed by atoms with van der Waals surface area (Å²) in [5, 5.41) is 20.7. The number of nitrogens with zero attached hydrogens (tertiary/aromatic N) is 2. The lowest BCUT2D eigenvalue weighted by Gasteiger charge is -2.09. The number of nitrogens with one attached hydrogen (secondary N) is 2. The van der Waals surface area contributed by atoms with E-state index in [4.69, 9.17) is 0 Å². The predicted molar refractivity (Wildman–Crippen MR) is 111 cm³/mol. The van der Waals surface area contributed by atoms with Crippen molar-refractivity contribution < 1.29 is 9.90 Å². The van der Waals surface area contributed by atoms with Crippen molar-refractivity contribution >= 4 is 28.4 Å². The summed E-state index contributed by atoms with van der Waals surface area (Å²) in [5.74, 6) is 0.651. The minimum absolute atomic E-state index is 0.187. The topological polar surface area (TPSA) is 79.2 Å². The molecule has 0 aliphatic heterocycles. The van der Waals surface area contributed by atoms with E-state index in [9.17, 15) is 9.90 Å². The Bertz CT molecular complexity index is 1160. The zero-order valence-electron chi connectivity index (χ0n) is 15.6. The standard InChI is InChI=1S/C22H20N4O2/c1-14-7-8-15(2)19(13-14)23-22(28)24-21-18-5-3-4-6-20(18)26(25-21)16-9-11-17(27)12-10-16/h3-13,27H,1-2H3,(H2,23,24,25,28). The number of carbonyl (C=O) groups is 1. The molecule has 6 heteroatoms. The number of anilines is 2. The number of benzene rings is 3. The Hall–Kier alpha value is -3.80. The van der Waals surface area contributed by atoms with E-state index in [1.807, 2.05) is 56.3 Å². The molecular weight excluding hydrogens is 352 g/mol. The van der Waals surface area contributed by atoms with E-state index in [-0.39, 0.29) is 11.8 Å². The first kappa shape index (κ1) is 17.6. The Kier molecular flexibility index (Phi) is 4.45. The SMILES string of the molecule is Cc1ccc(C)c(NC(=O)Nc2nn(-c3ccc(O)cc3)c3ccccc23)c1. The largest absolute Gasteiger partial charge is 0.508 e. The number of fused-ring (bicyclic) bond motifs is 1. The molecule has 0 bridgehead atoms. The summed E-state index contributed by atoms with van der Waals surface area (Å²) in [5.41, 5.74) is 4.47. The van der Waals surface area contributed by atoms with E-state index < -0.39 is 0 Å². The van der Waals surface area contributed by atoms with Gasteiger partial charge in [0.1, 0.15) is 5.75 Å². The van der Waals surface area contributed by atoms with Crippen molar-refractivity contribution in [3.05, 3.63) is 77.9 Å². The molecule has 0 radical (unpaired) electrons. The average molecular weight is 372 g/mol. The molecule has 1 aromatic heterocycles. The molecule has 0 saturated heterocycles. The summed E-state index contributed by atoms with van der Waals surface area (Å²) < 4.78 is 1.74. The molecule has 4 rings (SSSR count). The number of amides is 2. The van der Waals surface area contributed by atoms with E-state index >= 15 is 0 Å². The molecule has 1 heterocycles. The number of aryl methyl sites for hydroxylation is 2. The van der Waals surface area contributed by atoms with E-state index in [2.05, 4.69) is 15.7 Å². The summed E-state index contributed by atoms with van der Waals surface area (Å²) in [7, 11) is 0. The fraction of sp³-hybridized carbons (Fsp3) is 0.0909. The molecule has 0 aliphatic carbocycles. The van der Waals surface area contributed by atoms with Gasteiger partial charge in [-0.2, -0.15) is 0 Å². The van der Waals surface area contributed by atoms with E-state index in [0.717, 1.165) is 33.4 Å². The first-order valence-corrected chi connectivity index (χ1v) is 8.94. The van der Waals surface area contributed by atoms with Crippen LogP contribution in [0.5, 0.6) is 5.75 Å². The molecule has 0 atom stereocenters. The number of aromatic hydroxyl groups is 1. The van der Waals surface area contributed by atoms with Crippen LogP contribution >= 0.6 is 0 Å². The van der Waals surface area contributed by atoms with Crippen molar-refractivity contribution in [1.82, 2.24) is 9.78 Å². The quantitative estimate of drug-likeness (QED) is 0.474. The van der Waals surface area contributed by atoms with Crippen molar-refractivity contribution in [3.8, 4) is 11.4 Å². The number of aromatic nitrogens is 2. The molecule has 4 aromatic rings. The summed E-state index contributed by atoms with van der Waals surface area (Å²) in [6.07, 6.45) is 0. The van der Waals surface area contributed by atoms with Crippen LogP contribution in [0.3, 0.4) is 0 Å². The van der Waals surface area contributed by atoms with Gasteiger partial charge < -0.3 is 10.4 Å². The molecule has 0 spiro atoms. The number of phenolic OH excluding ortho intramolecular Hbond substituents is 1. The van der Waals surface area contributed by atoms with Crippen molar-refractivity contribution in [2.24, 2.45) is 0 Å². The minimum atomic E-state index is -0.352. The van der Waals surface area contributed by atoms with Crippen LogP contribution in [-0.4, -0.2) is 20.9 Å². The summed E-state index contributed by atoms with van der Waals surface area (Å²) in [4.78, 5) is 12.6. The second-order valence-electron chi connectivity index (χ2n) is 6.69. The maximum absolute atomic E-state index is 12.6. The Morgan fingerprint density at radius 3 is 2.50 bits per heavy atom. The predicted octanol–water partition coefficient (Wildman–Crippen LogP) is 4.99. The van der Waals surface area contributed by atoms with Gasteiger partial charge in [0, 0.05) is 11.1 Å². The summed E-state index contributed by atoms with van der Waals surface area (Å²) in [6.45, 7) is 3.93. The highest BCUT2D eigenvalue weighted by atomic mass is 16.3. The molecule has 3 aromatic carbocycles. The Morgan fingerprint density at radius 1 is 0.964 bits per heavy atom. The Balaban J connectivity index is 1.66. The van der Waals surface area contributed by atoms with Gasteiger partial charge in [-0.15, -0.1) is 5.10 Å². The third-order valence-corrected chi connectivity index (χ3v) is 4.55. The van der Waals surface area contributed by atoms with Crippen LogP contribution in [-0.2, 0) is 0 Å². The van der Waals surface area contributed by atoms with Gasteiger partial charge in [0.05, 0.1) is 11.2 Å². The van der Waals surface area contributed by atoms with Crippen LogP contribution < -0.4 is 10.6 Å². The molecule has 6 nitrogen and oxygen atoms in total. The van der Waals surface area contributed by atoms with Gasteiger partial charge in [-0.25, -0.2) is 9.48 Å². The summed E-state index contributed by atoms with van der Waals surface area (Å²) >= 11 is 0. The lowest BCUT2D eigenvalue weighted by Crippen LogP contribution is -2.20. The van der Waals surface area contributed by atoms with Gasteiger partial charge in [-0.3, -0.25) is 5.32 Å². The van der Waals surface area contributed by atoms with Gasteiger partial charge in [0.2, 0.25) is 0 Å². The van der Waals surface area contributed by atoms with Crippen LogP contribution in [0.4, 0.5) is 16.3 Å². The third-order valence-electron chi connectivity index (χ3n) is 4.55. The number of carbonyl (C=O) groups excluding carboxylic acids is 1. The van der Waals surface area contributed by atoms with Gasteiger partial charge >= 0.3 is 6.03 Å².